The van der Waals surface area contributed by atoms with Gasteiger partial charge in [-0.2, -0.15) is 0 Å². The topological polar surface area (TPSA) is 42.4 Å². The summed E-state index contributed by atoms with van der Waals surface area (Å²) in [4.78, 5) is 4.17. The summed E-state index contributed by atoms with van der Waals surface area (Å²) in [5, 5.41) is 10.7. The molecular formula is C14H15NO2. The molecule has 1 aromatic heterocycles. The molecule has 0 radical (unpaired) electrons. The normalized spacial score (nSPS) is 14.2. The summed E-state index contributed by atoms with van der Waals surface area (Å²) in [6.07, 6.45) is 1.64. The van der Waals surface area contributed by atoms with E-state index in [2.05, 4.69) is 4.98 Å². The third-order valence-electron chi connectivity index (χ3n) is 2.53. The van der Waals surface area contributed by atoms with Crippen LogP contribution in [-0.2, 0) is 10.5 Å². The second-order valence-electron chi connectivity index (χ2n) is 3.66. The van der Waals surface area contributed by atoms with Crippen LogP contribution in [0.15, 0.2) is 54.7 Å². The Hall–Kier alpha value is -1.71. The number of aromatic nitrogens is 1. The van der Waals surface area contributed by atoms with Crippen LogP contribution in [0, 0.1) is 0 Å². The average Bonchev–Trinajstić information content (AvgIpc) is 2.41. The zero-order valence-corrected chi connectivity index (χ0v) is 9.71. The maximum absolute atomic E-state index is 10.7. The fraction of sp³-hybridized carbons (Fsp3) is 0.214. The highest BCUT2D eigenvalue weighted by atomic mass is 16.6. The van der Waals surface area contributed by atoms with E-state index in [1.807, 2.05) is 43.3 Å². The van der Waals surface area contributed by atoms with Crippen molar-refractivity contribution < 1.29 is 9.84 Å². The minimum Gasteiger partial charge on any atom is -0.357 e. The van der Waals surface area contributed by atoms with Gasteiger partial charge in [0.1, 0.15) is 5.69 Å². The Morgan fingerprint density at radius 1 is 1.12 bits per heavy atom. The van der Waals surface area contributed by atoms with Gasteiger partial charge >= 0.3 is 0 Å². The molecule has 1 N–H and O–H groups in total. The standard InChI is InChI=1S/C14H15NO2/c1-2-17-14(16,12-8-4-3-5-9-12)13-10-6-7-11-15-13/h3-11,16H,2H2,1H3/t14-/m0/s1. The molecule has 2 aromatic rings. The molecular weight excluding hydrogens is 214 g/mol. The lowest BCUT2D eigenvalue weighted by Crippen LogP contribution is -2.31. The lowest BCUT2D eigenvalue weighted by molar-refractivity contribution is -0.179. The van der Waals surface area contributed by atoms with Crippen molar-refractivity contribution in [1.29, 1.82) is 0 Å². The lowest BCUT2D eigenvalue weighted by Gasteiger charge is -2.27. The van der Waals surface area contributed by atoms with Gasteiger partial charge in [-0.05, 0) is 19.1 Å². The van der Waals surface area contributed by atoms with Gasteiger partial charge in [0.05, 0.1) is 0 Å². The van der Waals surface area contributed by atoms with Gasteiger partial charge in [0, 0.05) is 18.4 Å². The Labute approximate surface area is 101 Å². The molecule has 0 saturated heterocycles. The molecule has 0 unspecified atom stereocenters. The van der Waals surface area contributed by atoms with Crippen molar-refractivity contribution in [3.8, 4) is 0 Å². The molecule has 0 saturated carbocycles. The molecule has 0 fully saturated rings. The van der Waals surface area contributed by atoms with Crippen LogP contribution in [0.2, 0.25) is 0 Å². The second kappa shape index (κ2) is 5.08. The van der Waals surface area contributed by atoms with Crippen molar-refractivity contribution in [1.82, 2.24) is 4.98 Å². The highest BCUT2D eigenvalue weighted by Crippen LogP contribution is 2.29. The molecule has 2 rings (SSSR count). The number of ether oxygens (including phenoxy) is 1. The van der Waals surface area contributed by atoms with E-state index in [4.69, 9.17) is 4.74 Å². The molecule has 0 amide bonds. The number of hydrogen-bond acceptors (Lipinski definition) is 3. The summed E-state index contributed by atoms with van der Waals surface area (Å²) in [6, 6.07) is 14.7. The summed E-state index contributed by atoms with van der Waals surface area (Å²) in [5.41, 5.74) is 1.17. The molecule has 1 heterocycles. The van der Waals surface area contributed by atoms with Gasteiger partial charge in [0.2, 0.25) is 5.79 Å². The zero-order chi connectivity index (χ0) is 12.1. The molecule has 3 heteroatoms. The van der Waals surface area contributed by atoms with E-state index in [1.165, 1.54) is 0 Å². The number of rotatable bonds is 4. The van der Waals surface area contributed by atoms with Crippen molar-refractivity contribution in [3.63, 3.8) is 0 Å². The van der Waals surface area contributed by atoms with E-state index in [9.17, 15) is 5.11 Å². The highest BCUT2D eigenvalue weighted by Gasteiger charge is 2.33. The van der Waals surface area contributed by atoms with Crippen LogP contribution in [0.1, 0.15) is 18.2 Å². The molecule has 0 spiro atoms. The summed E-state index contributed by atoms with van der Waals surface area (Å²) < 4.78 is 5.49. The number of aliphatic hydroxyl groups is 1. The maximum atomic E-state index is 10.7. The van der Waals surface area contributed by atoms with E-state index in [-0.39, 0.29) is 0 Å². The third-order valence-corrected chi connectivity index (χ3v) is 2.53. The zero-order valence-electron chi connectivity index (χ0n) is 9.71. The van der Waals surface area contributed by atoms with Crippen molar-refractivity contribution in [2.45, 2.75) is 12.7 Å². The fourth-order valence-electron chi connectivity index (χ4n) is 1.74. The Morgan fingerprint density at radius 3 is 2.41 bits per heavy atom. The van der Waals surface area contributed by atoms with Crippen LogP contribution >= 0.6 is 0 Å². The molecule has 3 nitrogen and oxygen atoms in total. The first kappa shape index (κ1) is 11.8. The van der Waals surface area contributed by atoms with Crippen molar-refractivity contribution in [2.75, 3.05) is 6.61 Å². The van der Waals surface area contributed by atoms with Crippen LogP contribution in [0.5, 0.6) is 0 Å². The van der Waals surface area contributed by atoms with E-state index in [0.717, 1.165) is 0 Å². The average molecular weight is 229 g/mol. The molecule has 0 aliphatic carbocycles. The number of benzene rings is 1. The molecule has 1 atom stereocenters. The van der Waals surface area contributed by atoms with E-state index in [0.29, 0.717) is 17.9 Å². The van der Waals surface area contributed by atoms with Gasteiger partial charge in [-0.15, -0.1) is 0 Å². The van der Waals surface area contributed by atoms with E-state index >= 15 is 0 Å². The predicted octanol–water partition coefficient (Wildman–Crippen LogP) is 2.31. The Bertz CT molecular complexity index is 417. The van der Waals surface area contributed by atoms with Crippen LogP contribution in [0.3, 0.4) is 0 Å². The predicted molar refractivity (Wildman–Crippen MR) is 65.3 cm³/mol. The van der Waals surface area contributed by atoms with Crippen LogP contribution in [0.25, 0.3) is 0 Å². The SMILES string of the molecule is CCO[C@@](O)(c1ccccc1)c1ccccn1. The van der Waals surface area contributed by atoms with Crippen molar-refractivity contribution >= 4 is 0 Å². The largest absolute Gasteiger partial charge is 0.357 e. The van der Waals surface area contributed by atoms with Crippen LogP contribution in [0.4, 0.5) is 0 Å². The van der Waals surface area contributed by atoms with Gasteiger partial charge in [0.15, 0.2) is 0 Å². The Morgan fingerprint density at radius 2 is 1.82 bits per heavy atom. The van der Waals surface area contributed by atoms with Crippen molar-refractivity contribution in [2.24, 2.45) is 0 Å². The molecule has 88 valence electrons. The van der Waals surface area contributed by atoms with E-state index < -0.39 is 5.79 Å². The molecule has 0 aliphatic rings. The van der Waals surface area contributed by atoms with Gasteiger partial charge in [-0.3, -0.25) is 4.98 Å². The van der Waals surface area contributed by atoms with Gasteiger partial charge in [0.25, 0.3) is 0 Å². The minimum absolute atomic E-state index is 0.405. The first-order valence-electron chi connectivity index (χ1n) is 5.60. The molecule has 0 bridgehead atoms. The maximum Gasteiger partial charge on any atom is 0.237 e. The monoisotopic (exact) mass is 229 g/mol. The third kappa shape index (κ3) is 2.35. The summed E-state index contributed by atoms with van der Waals surface area (Å²) >= 11 is 0. The van der Waals surface area contributed by atoms with Gasteiger partial charge < -0.3 is 9.84 Å². The van der Waals surface area contributed by atoms with Crippen LogP contribution in [-0.4, -0.2) is 16.7 Å². The Kier molecular flexibility index (Phi) is 3.52. The highest BCUT2D eigenvalue weighted by molar-refractivity contribution is 5.29. The number of nitrogens with zero attached hydrogens (tertiary/aromatic N) is 1. The van der Waals surface area contributed by atoms with Crippen molar-refractivity contribution in [3.05, 3.63) is 66.0 Å². The smallest absolute Gasteiger partial charge is 0.237 e. The number of hydrogen-bond donors (Lipinski definition) is 1. The summed E-state index contributed by atoms with van der Waals surface area (Å²) in [5.74, 6) is -1.47. The first-order valence-corrected chi connectivity index (χ1v) is 5.60. The molecule has 1 aromatic carbocycles. The summed E-state index contributed by atoms with van der Waals surface area (Å²) in [7, 11) is 0. The quantitative estimate of drug-likeness (QED) is 0.818. The number of pyridine rings is 1. The van der Waals surface area contributed by atoms with Crippen LogP contribution < -0.4 is 0 Å². The summed E-state index contributed by atoms with van der Waals surface area (Å²) in [6.45, 7) is 2.25. The molecule has 17 heavy (non-hydrogen) atoms. The molecule has 0 aliphatic heterocycles. The Balaban J connectivity index is 2.47. The lowest BCUT2D eigenvalue weighted by atomic mass is 10.0. The first-order chi connectivity index (χ1) is 8.27. The fourth-order valence-corrected chi connectivity index (χ4v) is 1.74. The van der Waals surface area contributed by atoms with E-state index in [1.54, 1.807) is 18.3 Å². The minimum atomic E-state index is -1.47. The second-order valence-corrected chi connectivity index (χ2v) is 3.66. The van der Waals surface area contributed by atoms with Gasteiger partial charge in [-0.25, -0.2) is 0 Å². The van der Waals surface area contributed by atoms with Gasteiger partial charge in [-0.1, -0.05) is 36.4 Å².